The Kier molecular flexibility index (Phi) is 5.11. The number of nitrogens with one attached hydrogen (secondary N) is 1. The van der Waals surface area contributed by atoms with Crippen molar-refractivity contribution in [1.29, 1.82) is 0 Å². The molecule has 4 heteroatoms. The van der Waals surface area contributed by atoms with Gasteiger partial charge in [-0.05, 0) is 12.8 Å². The predicted molar refractivity (Wildman–Crippen MR) is 75.8 cm³/mol. The summed E-state index contributed by atoms with van der Waals surface area (Å²) >= 11 is 0. The van der Waals surface area contributed by atoms with E-state index in [-0.39, 0.29) is 24.1 Å². The maximum atomic E-state index is 14.0. The summed E-state index contributed by atoms with van der Waals surface area (Å²) in [5.74, 6) is -2.87. The molecule has 1 fully saturated rings. The second-order valence-corrected chi connectivity index (χ2v) is 5.89. The van der Waals surface area contributed by atoms with Crippen molar-refractivity contribution >= 4 is 0 Å². The third kappa shape index (κ3) is 3.76. The minimum Gasteiger partial charge on any atom is -0.396 e. The highest BCUT2D eigenvalue weighted by Gasteiger charge is 2.34. The molecule has 0 amide bonds. The van der Waals surface area contributed by atoms with Crippen LogP contribution in [0.15, 0.2) is 30.3 Å². The predicted octanol–water partition coefficient (Wildman–Crippen LogP) is 3.31. The van der Waals surface area contributed by atoms with Crippen LogP contribution in [-0.2, 0) is 5.92 Å². The monoisotopic (exact) mass is 283 g/mol. The van der Waals surface area contributed by atoms with Gasteiger partial charge in [0.1, 0.15) is 0 Å². The van der Waals surface area contributed by atoms with E-state index >= 15 is 0 Å². The molecule has 0 atom stereocenters. The van der Waals surface area contributed by atoms with Crippen LogP contribution in [0.4, 0.5) is 8.78 Å². The Bertz CT molecular complexity index is 402. The van der Waals surface area contributed by atoms with Crippen LogP contribution in [0.5, 0.6) is 0 Å². The topological polar surface area (TPSA) is 32.3 Å². The molecule has 0 spiro atoms. The van der Waals surface area contributed by atoms with Crippen LogP contribution in [0, 0.1) is 5.41 Å². The molecule has 1 aliphatic carbocycles. The fraction of sp³-hybridized carbons (Fsp3) is 0.625. The van der Waals surface area contributed by atoms with Crippen LogP contribution in [0.2, 0.25) is 0 Å². The van der Waals surface area contributed by atoms with E-state index in [1.807, 2.05) is 0 Å². The molecule has 20 heavy (non-hydrogen) atoms. The van der Waals surface area contributed by atoms with Gasteiger partial charge in [-0.2, -0.15) is 8.78 Å². The van der Waals surface area contributed by atoms with Gasteiger partial charge in [0.05, 0.1) is 6.54 Å². The maximum Gasteiger partial charge on any atom is 0.285 e. The second-order valence-electron chi connectivity index (χ2n) is 5.89. The van der Waals surface area contributed by atoms with Crippen LogP contribution in [0.25, 0.3) is 0 Å². The average molecular weight is 283 g/mol. The fourth-order valence-electron chi connectivity index (χ4n) is 2.96. The zero-order chi connectivity index (χ0) is 14.5. The van der Waals surface area contributed by atoms with Crippen molar-refractivity contribution in [3.63, 3.8) is 0 Å². The van der Waals surface area contributed by atoms with Gasteiger partial charge in [-0.25, -0.2) is 0 Å². The Balaban J connectivity index is 1.88. The summed E-state index contributed by atoms with van der Waals surface area (Å²) in [7, 11) is 0. The lowest BCUT2D eigenvalue weighted by Crippen LogP contribution is -2.42. The van der Waals surface area contributed by atoms with E-state index in [0.29, 0.717) is 6.54 Å². The summed E-state index contributed by atoms with van der Waals surface area (Å²) < 4.78 is 28.0. The standard InChI is InChI=1S/C16H23F2NO/c17-16(18,14-7-3-1-4-8-14)12-19-11-15(13-20)9-5-2-6-10-15/h1,3-4,7-8,19-20H,2,5-6,9-13H2. The van der Waals surface area contributed by atoms with Gasteiger partial charge in [0.25, 0.3) is 5.92 Å². The van der Waals surface area contributed by atoms with Crippen molar-refractivity contribution in [2.45, 2.75) is 38.0 Å². The number of rotatable bonds is 6. The van der Waals surface area contributed by atoms with Crippen molar-refractivity contribution in [3.8, 4) is 0 Å². The summed E-state index contributed by atoms with van der Waals surface area (Å²) in [6, 6.07) is 7.88. The molecule has 2 rings (SSSR count). The van der Waals surface area contributed by atoms with Crippen LogP contribution in [-0.4, -0.2) is 24.8 Å². The van der Waals surface area contributed by atoms with Crippen LogP contribution in [0.1, 0.15) is 37.7 Å². The molecule has 1 aromatic carbocycles. The molecule has 2 nitrogen and oxygen atoms in total. The third-order valence-electron chi connectivity index (χ3n) is 4.29. The summed E-state index contributed by atoms with van der Waals surface area (Å²) in [4.78, 5) is 0. The Labute approximate surface area is 119 Å². The Morgan fingerprint density at radius 2 is 1.75 bits per heavy atom. The number of hydrogen-bond acceptors (Lipinski definition) is 2. The first-order valence-corrected chi connectivity index (χ1v) is 7.33. The highest BCUT2D eigenvalue weighted by molar-refractivity contribution is 5.20. The molecule has 0 bridgehead atoms. The number of aliphatic hydroxyl groups is 1. The normalized spacial score (nSPS) is 18.9. The molecular formula is C16H23F2NO. The van der Waals surface area contributed by atoms with Crippen LogP contribution >= 0.6 is 0 Å². The molecule has 0 radical (unpaired) electrons. The van der Waals surface area contributed by atoms with Gasteiger partial charge in [0.2, 0.25) is 0 Å². The number of aliphatic hydroxyl groups excluding tert-OH is 1. The van der Waals surface area contributed by atoms with Crippen molar-refractivity contribution in [3.05, 3.63) is 35.9 Å². The van der Waals surface area contributed by atoms with Crippen LogP contribution in [0.3, 0.4) is 0 Å². The summed E-state index contributed by atoms with van der Waals surface area (Å²) in [5, 5.41) is 12.4. The van der Waals surface area contributed by atoms with Gasteiger partial charge in [-0.1, -0.05) is 49.6 Å². The molecule has 0 heterocycles. The average Bonchev–Trinajstić information content (AvgIpc) is 2.49. The smallest absolute Gasteiger partial charge is 0.285 e. The van der Waals surface area contributed by atoms with Crippen molar-refractivity contribution < 1.29 is 13.9 Å². The third-order valence-corrected chi connectivity index (χ3v) is 4.29. The molecule has 2 N–H and O–H groups in total. The first kappa shape index (κ1) is 15.4. The Morgan fingerprint density at radius 3 is 2.35 bits per heavy atom. The molecule has 0 saturated heterocycles. The van der Waals surface area contributed by atoms with E-state index in [9.17, 15) is 13.9 Å². The van der Waals surface area contributed by atoms with E-state index < -0.39 is 5.92 Å². The van der Waals surface area contributed by atoms with Gasteiger partial charge in [0.15, 0.2) is 0 Å². The Morgan fingerprint density at radius 1 is 1.10 bits per heavy atom. The molecule has 1 aromatic rings. The Hall–Kier alpha value is -1.00. The molecule has 0 unspecified atom stereocenters. The number of halogens is 2. The SMILES string of the molecule is OCC1(CNCC(F)(F)c2ccccc2)CCCCC1. The van der Waals surface area contributed by atoms with Crippen molar-refractivity contribution in [2.24, 2.45) is 5.41 Å². The van der Waals surface area contributed by atoms with Crippen LogP contribution < -0.4 is 5.32 Å². The lowest BCUT2D eigenvalue weighted by molar-refractivity contribution is -0.00967. The quantitative estimate of drug-likeness (QED) is 0.839. The lowest BCUT2D eigenvalue weighted by Gasteiger charge is -2.36. The highest BCUT2D eigenvalue weighted by Crippen LogP contribution is 2.35. The van der Waals surface area contributed by atoms with Gasteiger partial charge < -0.3 is 10.4 Å². The van der Waals surface area contributed by atoms with E-state index in [1.54, 1.807) is 18.2 Å². The first-order chi connectivity index (χ1) is 9.58. The van der Waals surface area contributed by atoms with Crippen molar-refractivity contribution in [1.82, 2.24) is 5.32 Å². The number of hydrogen-bond donors (Lipinski definition) is 2. The van der Waals surface area contributed by atoms with Gasteiger partial charge in [-0.3, -0.25) is 0 Å². The molecule has 1 aliphatic rings. The van der Waals surface area contributed by atoms with Gasteiger partial charge in [0, 0.05) is 24.1 Å². The molecular weight excluding hydrogens is 260 g/mol. The zero-order valence-corrected chi connectivity index (χ0v) is 11.7. The second kappa shape index (κ2) is 6.64. The first-order valence-electron chi connectivity index (χ1n) is 7.33. The van der Waals surface area contributed by atoms with E-state index in [2.05, 4.69) is 5.32 Å². The minimum absolute atomic E-state index is 0.0363. The lowest BCUT2D eigenvalue weighted by atomic mass is 9.74. The largest absolute Gasteiger partial charge is 0.396 e. The van der Waals surface area contributed by atoms with E-state index in [0.717, 1.165) is 25.7 Å². The van der Waals surface area contributed by atoms with Gasteiger partial charge in [-0.15, -0.1) is 0 Å². The molecule has 112 valence electrons. The highest BCUT2D eigenvalue weighted by atomic mass is 19.3. The summed E-state index contributed by atoms with van der Waals surface area (Å²) in [6.45, 7) is 0.168. The number of alkyl halides is 2. The molecule has 0 aromatic heterocycles. The van der Waals surface area contributed by atoms with E-state index in [1.165, 1.54) is 18.6 Å². The molecule has 1 saturated carbocycles. The fourth-order valence-corrected chi connectivity index (χ4v) is 2.96. The van der Waals surface area contributed by atoms with E-state index in [4.69, 9.17) is 0 Å². The van der Waals surface area contributed by atoms with Gasteiger partial charge >= 0.3 is 0 Å². The summed E-state index contributed by atoms with van der Waals surface area (Å²) in [6.07, 6.45) is 5.19. The molecule has 0 aliphatic heterocycles. The zero-order valence-electron chi connectivity index (χ0n) is 11.7. The maximum absolute atomic E-state index is 14.0. The van der Waals surface area contributed by atoms with Crippen molar-refractivity contribution in [2.75, 3.05) is 19.7 Å². The number of benzene rings is 1. The minimum atomic E-state index is -2.87. The summed E-state index contributed by atoms with van der Waals surface area (Å²) in [5.41, 5.74) is -0.167.